The number of rotatable bonds is 5. The van der Waals surface area contributed by atoms with Crippen molar-refractivity contribution in [3.05, 3.63) is 0 Å². The number of ether oxygens (including phenoxy) is 1. The Morgan fingerprint density at radius 2 is 2.36 bits per heavy atom. The first-order valence-electron chi connectivity index (χ1n) is 5.28. The standard InChI is InChI=1S/C10H18N2O2/c1-3-9(13)11-5-6-12-7-8-14-10(12)4-2/h3-8H2,1-2H3/p+1. The topological polar surface area (TPSA) is 41.3 Å². The van der Waals surface area contributed by atoms with Gasteiger partial charge in [-0.1, -0.05) is 13.8 Å². The number of nitrogens with zero attached hydrogens (tertiary/aromatic N) is 1. The van der Waals surface area contributed by atoms with E-state index >= 15 is 0 Å². The smallest absolute Gasteiger partial charge is 0.336 e. The maximum Gasteiger partial charge on any atom is 0.336 e. The molecular formula is C10H19N2O2+. The normalized spacial score (nSPS) is 15.6. The number of hydrogen-bond donors (Lipinski definition) is 1. The summed E-state index contributed by atoms with van der Waals surface area (Å²) in [6.45, 7) is 7.24. The zero-order valence-electron chi connectivity index (χ0n) is 9.01. The van der Waals surface area contributed by atoms with Gasteiger partial charge in [0.05, 0.1) is 13.0 Å². The van der Waals surface area contributed by atoms with E-state index in [1.54, 1.807) is 0 Å². The van der Waals surface area contributed by atoms with E-state index < -0.39 is 0 Å². The lowest BCUT2D eigenvalue weighted by atomic mass is 10.4. The summed E-state index contributed by atoms with van der Waals surface area (Å²) in [4.78, 5) is 11.0. The van der Waals surface area contributed by atoms with Gasteiger partial charge in [0.15, 0.2) is 19.7 Å². The van der Waals surface area contributed by atoms with Crippen LogP contribution in [0.4, 0.5) is 0 Å². The van der Waals surface area contributed by atoms with Gasteiger partial charge in [0.1, 0.15) is 0 Å². The SMILES string of the molecule is CCC(=O)NCC[N+]1=C(CC)OCC1. The van der Waals surface area contributed by atoms with Crippen molar-refractivity contribution < 1.29 is 14.1 Å². The quantitative estimate of drug-likeness (QED) is 0.650. The van der Waals surface area contributed by atoms with E-state index in [4.69, 9.17) is 4.74 Å². The first kappa shape index (κ1) is 11.0. The highest BCUT2D eigenvalue weighted by Crippen LogP contribution is 1.97. The first-order valence-corrected chi connectivity index (χ1v) is 5.28. The van der Waals surface area contributed by atoms with E-state index in [2.05, 4.69) is 16.8 Å². The Morgan fingerprint density at radius 3 is 3.00 bits per heavy atom. The molecule has 0 spiro atoms. The maximum absolute atomic E-state index is 11.0. The second-order valence-electron chi connectivity index (χ2n) is 3.29. The molecule has 0 saturated carbocycles. The Kier molecular flexibility index (Phi) is 4.43. The lowest BCUT2D eigenvalue weighted by Gasteiger charge is -2.01. The minimum atomic E-state index is 0.114. The predicted molar refractivity (Wildman–Crippen MR) is 54.5 cm³/mol. The van der Waals surface area contributed by atoms with Crippen LogP contribution in [0.25, 0.3) is 0 Å². The second kappa shape index (κ2) is 5.62. The third-order valence-corrected chi connectivity index (χ3v) is 2.31. The fourth-order valence-electron chi connectivity index (χ4n) is 1.51. The monoisotopic (exact) mass is 199 g/mol. The molecule has 1 heterocycles. The van der Waals surface area contributed by atoms with Crippen LogP contribution in [0, 0.1) is 0 Å². The Morgan fingerprint density at radius 1 is 1.57 bits per heavy atom. The van der Waals surface area contributed by atoms with E-state index in [0.29, 0.717) is 13.0 Å². The molecular weight excluding hydrogens is 180 g/mol. The van der Waals surface area contributed by atoms with Crippen molar-refractivity contribution in [3.63, 3.8) is 0 Å². The number of carbonyl (C=O) groups excluding carboxylic acids is 1. The van der Waals surface area contributed by atoms with Gasteiger partial charge in [-0.25, -0.2) is 0 Å². The first-order chi connectivity index (χ1) is 6.77. The largest absolute Gasteiger partial charge is 0.441 e. The highest BCUT2D eigenvalue weighted by molar-refractivity contribution is 5.75. The highest BCUT2D eigenvalue weighted by atomic mass is 16.5. The fourth-order valence-corrected chi connectivity index (χ4v) is 1.51. The average Bonchev–Trinajstić information content (AvgIpc) is 2.65. The Bertz CT molecular complexity index is 236. The molecule has 0 unspecified atom stereocenters. The van der Waals surface area contributed by atoms with Crippen molar-refractivity contribution in [2.75, 3.05) is 26.2 Å². The van der Waals surface area contributed by atoms with Gasteiger partial charge in [-0.05, 0) is 0 Å². The van der Waals surface area contributed by atoms with Crippen LogP contribution in [-0.2, 0) is 9.53 Å². The molecule has 1 rings (SSSR count). The minimum absolute atomic E-state index is 0.114. The summed E-state index contributed by atoms with van der Waals surface area (Å²) in [5.74, 6) is 1.17. The van der Waals surface area contributed by atoms with Crippen LogP contribution in [0.15, 0.2) is 0 Å². The lowest BCUT2D eigenvalue weighted by molar-refractivity contribution is -0.517. The van der Waals surface area contributed by atoms with Gasteiger partial charge in [0.2, 0.25) is 5.91 Å². The van der Waals surface area contributed by atoms with Gasteiger partial charge in [-0.3, -0.25) is 4.79 Å². The molecule has 1 N–H and O–H groups in total. The Balaban J connectivity index is 2.27. The van der Waals surface area contributed by atoms with Gasteiger partial charge in [0.25, 0.3) is 0 Å². The Labute approximate surface area is 84.9 Å². The molecule has 80 valence electrons. The van der Waals surface area contributed by atoms with Gasteiger partial charge in [0, 0.05) is 6.42 Å². The average molecular weight is 199 g/mol. The molecule has 4 nitrogen and oxygen atoms in total. The van der Waals surface area contributed by atoms with Crippen molar-refractivity contribution in [1.29, 1.82) is 0 Å². The van der Waals surface area contributed by atoms with E-state index in [-0.39, 0.29) is 5.91 Å². The van der Waals surface area contributed by atoms with Crippen molar-refractivity contribution in [2.45, 2.75) is 26.7 Å². The zero-order chi connectivity index (χ0) is 10.4. The van der Waals surface area contributed by atoms with Gasteiger partial charge in [-0.15, -0.1) is 0 Å². The number of carbonyl (C=O) groups is 1. The van der Waals surface area contributed by atoms with E-state index in [1.165, 1.54) is 0 Å². The molecule has 1 aliphatic heterocycles. The zero-order valence-corrected chi connectivity index (χ0v) is 9.01. The molecule has 14 heavy (non-hydrogen) atoms. The van der Waals surface area contributed by atoms with Crippen LogP contribution >= 0.6 is 0 Å². The van der Waals surface area contributed by atoms with Crippen molar-refractivity contribution in [2.24, 2.45) is 0 Å². The summed E-state index contributed by atoms with van der Waals surface area (Å²) in [5.41, 5.74) is 0. The third kappa shape index (κ3) is 3.01. The minimum Gasteiger partial charge on any atom is -0.441 e. The van der Waals surface area contributed by atoms with Gasteiger partial charge < -0.3 is 10.1 Å². The molecule has 0 radical (unpaired) electrons. The summed E-state index contributed by atoms with van der Waals surface area (Å²) >= 11 is 0. The molecule has 1 aliphatic rings. The van der Waals surface area contributed by atoms with Crippen molar-refractivity contribution in [1.82, 2.24) is 5.32 Å². The molecule has 0 aliphatic carbocycles. The summed E-state index contributed by atoms with van der Waals surface area (Å²) in [6.07, 6.45) is 1.49. The maximum atomic E-state index is 11.0. The summed E-state index contributed by atoms with van der Waals surface area (Å²) < 4.78 is 7.62. The fraction of sp³-hybridized carbons (Fsp3) is 0.800. The number of nitrogens with one attached hydrogen (secondary N) is 1. The van der Waals surface area contributed by atoms with E-state index in [1.807, 2.05) is 6.92 Å². The third-order valence-electron chi connectivity index (χ3n) is 2.31. The van der Waals surface area contributed by atoms with E-state index in [0.717, 1.165) is 32.0 Å². The molecule has 0 aromatic rings. The van der Waals surface area contributed by atoms with Crippen LogP contribution in [-0.4, -0.2) is 42.6 Å². The molecule has 0 saturated heterocycles. The van der Waals surface area contributed by atoms with Gasteiger partial charge >= 0.3 is 5.90 Å². The van der Waals surface area contributed by atoms with Crippen LogP contribution in [0.2, 0.25) is 0 Å². The lowest BCUT2D eigenvalue weighted by Crippen LogP contribution is -2.31. The van der Waals surface area contributed by atoms with Crippen molar-refractivity contribution >= 4 is 11.8 Å². The molecule has 4 heteroatoms. The van der Waals surface area contributed by atoms with Crippen LogP contribution < -0.4 is 5.32 Å². The highest BCUT2D eigenvalue weighted by Gasteiger charge is 2.21. The number of hydrogen-bond acceptors (Lipinski definition) is 2. The van der Waals surface area contributed by atoms with Crippen molar-refractivity contribution in [3.8, 4) is 0 Å². The predicted octanol–water partition coefficient (Wildman–Crippen LogP) is 0.364. The van der Waals surface area contributed by atoms with Gasteiger partial charge in [-0.2, -0.15) is 4.58 Å². The molecule has 0 aromatic carbocycles. The molecule has 1 amide bonds. The summed E-state index contributed by atoms with van der Waals surface area (Å²) in [5, 5.41) is 2.85. The summed E-state index contributed by atoms with van der Waals surface area (Å²) in [7, 11) is 0. The summed E-state index contributed by atoms with van der Waals surface area (Å²) in [6, 6.07) is 0. The van der Waals surface area contributed by atoms with Crippen LogP contribution in [0.5, 0.6) is 0 Å². The molecule has 0 fully saturated rings. The van der Waals surface area contributed by atoms with Crippen LogP contribution in [0.3, 0.4) is 0 Å². The number of amides is 1. The molecule has 0 aromatic heterocycles. The molecule has 0 bridgehead atoms. The van der Waals surface area contributed by atoms with Crippen LogP contribution in [0.1, 0.15) is 26.7 Å². The molecule has 0 atom stereocenters. The second-order valence-corrected chi connectivity index (χ2v) is 3.29. The van der Waals surface area contributed by atoms with E-state index in [9.17, 15) is 4.79 Å². The Hall–Kier alpha value is -1.06.